The molecule has 1 atom stereocenters. The summed E-state index contributed by atoms with van der Waals surface area (Å²) < 4.78 is 5.10. The number of nitrogens with zero attached hydrogens (tertiary/aromatic N) is 1. The lowest BCUT2D eigenvalue weighted by Crippen LogP contribution is -2.43. The Bertz CT molecular complexity index is 418. The Balaban J connectivity index is 0.00000400. The summed E-state index contributed by atoms with van der Waals surface area (Å²) in [7, 11) is 3.51. The SMILES string of the molecule is CN=C(NCc1ccc(COC)cc1)NC(C)C(C)C.I. The average molecular weight is 405 g/mol. The van der Waals surface area contributed by atoms with Crippen molar-refractivity contribution in [2.24, 2.45) is 10.9 Å². The molecule has 0 radical (unpaired) electrons. The summed E-state index contributed by atoms with van der Waals surface area (Å²) in [6.07, 6.45) is 0. The fraction of sp³-hybridized carbons (Fsp3) is 0.562. The van der Waals surface area contributed by atoms with Crippen LogP contribution in [0.15, 0.2) is 29.3 Å². The molecule has 4 nitrogen and oxygen atoms in total. The molecule has 0 heterocycles. The molecule has 1 unspecified atom stereocenters. The fourth-order valence-corrected chi connectivity index (χ4v) is 1.68. The van der Waals surface area contributed by atoms with E-state index in [9.17, 15) is 0 Å². The van der Waals surface area contributed by atoms with Crippen LogP contribution in [0.1, 0.15) is 31.9 Å². The maximum Gasteiger partial charge on any atom is 0.191 e. The van der Waals surface area contributed by atoms with Gasteiger partial charge in [-0.2, -0.15) is 0 Å². The second-order valence-corrected chi connectivity index (χ2v) is 5.35. The predicted octanol–water partition coefficient (Wildman–Crippen LogP) is 3.16. The van der Waals surface area contributed by atoms with Crippen LogP contribution in [0.5, 0.6) is 0 Å². The van der Waals surface area contributed by atoms with Gasteiger partial charge in [-0.25, -0.2) is 0 Å². The second kappa shape index (κ2) is 10.8. The summed E-state index contributed by atoms with van der Waals surface area (Å²) in [4.78, 5) is 4.25. The zero-order valence-electron chi connectivity index (χ0n) is 13.6. The minimum absolute atomic E-state index is 0. The Morgan fingerprint density at radius 1 is 1.14 bits per heavy atom. The highest BCUT2D eigenvalue weighted by molar-refractivity contribution is 14.0. The van der Waals surface area contributed by atoms with Crippen LogP contribution in [0.25, 0.3) is 0 Å². The molecule has 2 N–H and O–H groups in total. The van der Waals surface area contributed by atoms with Gasteiger partial charge in [0.25, 0.3) is 0 Å². The molecule has 0 aliphatic carbocycles. The van der Waals surface area contributed by atoms with Gasteiger partial charge in [-0.3, -0.25) is 4.99 Å². The van der Waals surface area contributed by atoms with Crippen LogP contribution in [0.2, 0.25) is 0 Å². The van der Waals surface area contributed by atoms with Crippen molar-refractivity contribution >= 4 is 29.9 Å². The van der Waals surface area contributed by atoms with Gasteiger partial charge < -0.3 is 15.4 Å². The van der Waals surface area contributed by atoms with E-state index in [1.807, 2.05) is 0 Å². The lowest BCUT2D eigenvalue weighted by Gasteiger charge is -2.20. The van der Waals surface area contributed by atoms with Gasteiger partial charge in [0, 0.05) is 26.7 Å². The van der Waals surface area contributed by atoms with Crippen molar-refractivity contribution in [2.45, 2.75) is 40.0 Å². The highest BCUT2D eigenvalue weighted by atomic mass is 127. The number of rotatable bonds is 6. The number of halogens is 1. The molecule has 0 saturated heterocycles. The number of methoxy groups -OCH3 is 1. The molecule has 1 rings (SSSR count). The quantitative estimate of drug-likeness (QED) is 0.434. The molecular formula is C16H28IN3O. The van der Waals surface area contributed by atoms with Gasteiger partial charge in [0.1, 0.15) is 0 Å². The van der Waals surface area contributed by atoms with Crippen molar-refractivity contribution in [3.63, 3.8) is 0 Å². The van der Waals surface area contributed by atoms with E-state index in [1.54, 1.807) is 14.2 Å². The van der Waals surface area contributed by atoms with E-state index in [1.165, 1.54) is 11.1 Å². The molecule has 0 saturated carbocycles. The second-order valence-electron chi connectivity index (χ2n) is 5.35. The number of hydrogen-bond acceptors (Lipinski definition) is 2. The molecule has 120 valence electrons. The molecule has 0 amide bonds. The topological polar surface area (TPSA) is 45.7 Å². The Kier molecular flexibility index (Phi) is 10.4. The highest BCUT2D eigenvalue weighted by Gasteiger charge is 2.08. The molecule has 21 heavy (non-hydrogen) atoms. The smallest absolute Gasteiger partial charge is 0.191 e. The molecule has 1 aromatic carbocycles. The number of aliphatic imine (C=N–C) groups is 1. The first kappa shape index (κ1) is 20.2. The Hall–Kier alpha value is -0.820. The Morgan fingerprint density at radius 3 is 2.19 bits per heavy atom. The van der Waals surface area contributed by atoms with E-state index >= 15 is 0 Å². The third-order valence-electron chi connectivity index (χ3n) is 3.38. The van der Waals surface area contributed by atoms with Gasteiger partial charge in [-0.15, -0.1) is 24.0 Å². The third-order valence-corrected chi connectivity index (χ3v) is 3.38. The fourth-order valence-electron chi connectivity index (χ4n) is 1.68. The molecule has 0 fully saturated rings. The van der Waals surface area contributed by atoms with E-state index in [2.05, 4.69) is 60.7 Å². The first-order valence-corrected chi connectivity index (χ1v) is 7.10. The van der Waals surface area contributed by atoms with Gasteiger partial charge in [0.15, 0.2) is 5.96 Å². The largest absolute Gasteiger partial charge is 0.380 e. The predicted molar refractivity (Wildman–Crippen MR) is 100 cm³/mol. The maximum absolute atomic E-state index is 5.10. The van der Waals surface area contributed by atoms with Gasteiger partial charge >= 0.3 is 0 Å². The maximum atomic E-state index is 5.10. The molecule has 1 aromatic rings. The monoisotopic (exact) mass is 405 g/mol. The summed E-state index contributed by atoms with van der Waals surface area (Å²) in [6, 6.07) is 8.80. The zero-order valence-corrected chi connectivity index (χ0v) is 16.0. The minimum Gasteiger partial charge on any atom is -0.380 e. The van der Waals surface area contributed by atoms with Crippen LogP contribution >= 0.6 is 24.0 Å². The van der Waals surface area contributed by atoms with Crippen molar-refractivity contribution < 1.29 is 4.74 Å². The normalized spacial score (nSPS) is 12.8. The molecule has 0 spiro atoms. The number of benzene rings is 1. The van der Waals surface area contributed by atoms with Gasteiger partial charge in [0.05, 0.1) is 6.61 Å². The number of guanidine groups is 1. The molecule has 0 bridgehead atoms. The Morgan fingerprint density at radius 2 is 1.71 bits per heavy atom. The number of nitrogens with one attached hydrogen (secondary N) is 2. The lowest BCUT2D eigenvalue weighted by molar-refractivity contribution is 0.185. The van der Waals surface area contributed by atoms with Crippen molar-refractivity contribution in [2.75, 3.05) is 14.2 Å². The minimum atomic E-state index is 0. The lowest BCUT2D eigenvalue weighted by atomic mass is 10.1. The summed E-state index contributed by atoms with van der Waals surface area (Å²) in [5.74, 6) is 1.41. The van der Waals surface area contributed by atoms with Crippen molar-refractivity contribution in [3.05, 3.63) is 35.4 Å². The summed E-state index contributed by atoms with van der Waals surface area (Å²) >= 11 is 0. The van der Waals surface area contributed by atoms with Crippen molar-refractivity contribution in [1.29, 1.82) is 0 Å². The summed E-state index contributed by atoms with van der Waals surface area (Å²) in [5.41, 5.74) is 2.41. The van der Waals surface area contributed by atoms with Crippen LogP contribution in [0.3, 0.4) is 0 Å². The standard InChI is InChI=1S/C16H27N3O.HI/c1-12(2)13(3)19-16(17-4)18-10-14-6-8-15(9-7-14)11-20-5;/h6-9,12-13H,10-11H2,1-5H3,(H2,17,18,19);1H. The molecular weight excluding hydrogens is 377 g/mol. The molecule has 0 aliphatic heterocycles. The third kappa shape index (κ3) is 7.66. The molecule has 0 aromatic heterocycles. The first-order chi connectivity index (χ1) is 9.56. The van der Waals surface area contributed by atoms with E-state index in [4.69, 9.17) is 4.74 Å². The van der Waals surface area contributed by atoms with Gasteiger partial charge in [-0.05, 0) is 24.0 Å². The highest BCUT2D eigenvalue weighted by Crippen LogP contribution is 2.05. The van der Waals surface area contributed by atoms with Gasteiger partial charge in [0.2, 0.25) is 0 Å². The molecule has 0 aliphatic rings. The van der Waals surface area contributed by atoms with Gasteiger partial charge in [-0.1, -0.05) is 38.1 Å². The van der Waals surface area contributed by atoms with Crippen molar-refractivity contribution in [3.8, 4) is 0 Å². The number of hydrogen-bond donors (Lipinski definition) is 2. The van der Waals surface area contributed by atoms with Crippen LogP contribution in [-0.4, -0.2) is 26.2 Å². The van der Waals surface area contributed by atoms with Crippen molar-refractivity contribution in [1.82, 2.24) is 10.6 Å². The number of ether oxygens (including phenoxy) is 1. The van der Waals surface area contributed by atoms with E-state index in [0.717, 1.165) is 12.5 Å². The van der Waals surface area contributed by atoms with Crippen LogP contribution in [0.4, 0.5) is 0 Å². The molecule has 5 heteroatoms. The van der Waals surface area contributed by atoms with E-state index in [0.29, 0.717) is 18.6 Å². The Labute approximate surface area is 145 Å². The average Bonchev–Trinajstić information content (AvgIpc) is 2.44. The summed E-state index contributed by atoms with van der Waals surface area (Å²) in [5, 5.41) is 6.72. The zero-order chi connectivity index (χ0) is 15.0. The van der Waals surface area contributed by atoms with Crippen LogP contribution in [-0.2, 0) is 17.9 Å². The first-order valence-electron chi connectivity index (χ1n) is 7.10. The summed E-state index contributed by atoms with van der Waals surface area (Å²) in [6.45, 7) is 7.97. The van der Waals surface area contributed by atoms with E-state index < -0.39 is 0 Å². The van der Waals surface area contributed by atoms with Crippen LogP contribution < -0.4 is 10.6 Å². The van der Waals surface area contributed by atoms with Crippen LogP contribution in [0, 0.1) is 5.92 Å². The van der Waals surface area contributed by atoms with E-state index in [-0.39, 0.29) is 24.0 Å².